The fraction of sp³-hybridized carbons (Fsp3) is 0.233. The summed E-state index contributed by atoms with van der Waals surface area (Å²) in [6, 6.07) is 22.4. The predicted molar refractivity (Wildman–Crippen MR) is 150 cm³/mol. The smallest absolute Gasteiger partial charge is 0.248 e. The van der Waals surface area contributed by atoms with E-state index < -0.39 is 6.04 Å². The maximum Gasteiger partial charge on any atom is 0.248 e. The number of rotatable bonds is 6. The average molecular weight is 527 g/mol. The lowest BCUT2D eigenvalue weighted by molar-refractivity contribution is -0.126. The Morgan fingerprint density at radius 1 is 1.00 bits per heavy atom. The molecular formula is C30H30N4O3S. The second-order valence-electron chi connectivity index (χ2n) is 9.38. The van der Waals surface area contributed by atoms with Crippen molar-refractivity contribution in [2.24, 2.45) is 0 Å². The molecule has 0 spiro atoms. The van der Waals surface area contributed by atoms with Gasteiger partial charge in [-0.1, -0.05) is 54.2 Å². The Morgan fingerprint density at radius 2 is 1.68 bits per heavy atom. The second-order valence-corrected chi connectivity index (χ2v) is 10.3. The standard InChI is InChI=1S/C30H30N4O3S/c1-19-14-20(2)16-24(15-19)33-26(35)18-38-30-27(21(3)32-34(30)23-11-6-5-7-12-23)28(33)29(36)31-17-22-10-8-9-13-25(22)37-4/h5-16,28H,17-18H2,1-4H3,(H,31,36)/t28-/m1/s1. The largest absolute Gasteiger partial charge is 0.496 e. The third-order valence-corrected chi connectivity index (χ3v) is 7.63. The van der Waals surface area contributed by atoms with Crippen molar-refractivity contribution in [2.45, 2.75) is 38.4 Å². The first-order chi connectivity index (χ1) is 18.4. The van der Waals surface area contributed by atoms with Crippen molar-refractivity contribution in [1.82, 2.24) is 15.1 Å². The fourth-order valence-corrected chi connectivity index (χ4v) is 6.03. The Hall–Kier alpha value is -4.04. The molecule has 1 aromatic heterocycles. The number of hydrogen-bond acceptors (Lipinski definition) is 5. The average Bonchev–Trinajstić information content (AvgIpc) is 3.15. The maximum atomic E-state index is 14.1. The summed E-state index contributed by atoms with van der Waals surface area (Å²) in [5.74, 6) is 0.476. The van der Waals surface area contributed by atoms with Crippen molar-refractivity contribution in [2.75, 3.05) is 17.8 Å². The molecule has 0 unspecified atom stereocenters. The van der Waals surface area contributed by atoms with Crippen LogP contribution in [0.1, 0.15) is 34.0 Å². The molecule has 1 atom stereocenters. The molecule has 4 aromatic rings. The molecule has 2 amide bonds. The number of carbonyl (C=O) groups is 2. The van der Waals surface area contributed by atoms with Gasteiger partial charge in [0.05, 0.1) is 24.2 Å². The van der Waals surface area contributed by atoms with Gasteiger partial charge in [0.2, 0.25) is 11.8 Å². The molecule has 1 N–H and O–H groups in total. The highest BCUT2D eigenvalue weighted by molar-refractivity contribution is 8.00. The first-order valence-electron chi connectivity index (χ1n) is 12.4. The number of ether oxygens (including phenoxy) is 1. The molecule has 5 rings (SSSR count). The minimum Gasteiger partial charge on any atom is -0.496 e. The topological polar surface area (TPSA) is 76.5 Å². The number of aromatic nitrogens is 2. The number of amides is 2. The van der Waals surface area contributed by atoms with Crippen LogP contribution in [-0.2, 0) is 16.1 Å². The SMILES string of the molecule is COc1ccccc1CNC(=O)[C@H]1c2c(C)nn(-c3ccccc3)c2SCC(=O)N1c1cc(C)cc(C)c1. The number of carbonyl (C=O) groups excluding carboxylic acids is 2. The molecule has 0 saturated carbocycles. The molecule has 0 bridgehead atoms. The molecule has 0 fully saturated rings. The number of hydrogen-bond donors (Lipinski definition) is 1. The van der Waals surface area contributed by atoms with Crippen molar-refractivity contribution in [1.29, 1.82) is 0 Å². The molecule has 3 aromatic carbocycles. The van der Waals surface area contributed by atoms with Gasteiger partial charge in [-0.2, -0.15) is 5.10 Å². The zero-order chi connectivity index (χ0) is 26.8. The summed E-state index contributed by atoms with van der Waals surface area (Å²) < 4.78 is 7.31. The molecule has 38 heavy (non-hydrogen) atoms. The van der Waals surface area contributed by atoms with Gasteiger partial charge in [0.15, 0.2) is 0 Å². The highest BCUT2D eigenvalue weighted by Crippen LogP contribution is 2.41. The number of methoxy groups -OCH3 is 1. The second kappa shape index (κ2) is 10.8. The summed E-state index contributed by atoms with van der Waals surface area (Å²) >= 11 is 1.42. The predicted octanol–water partition coefficient (Wildman–Crippen LogP) is 5.30. The van der Waals surface area contributed by atoms with Gasteiger partial charge in [-0.25, -0.2) is 4.68 Å². The van der Waals surface area contributed by atoms with Crippen molar-refractivity contribution < 1.29 is 14.3 Å². The zero-order valence-corrected chi connectivity index (χ0v) is 22.7. The van der Waals surface area contributed by atoms with Crippen LogP contribution in [0.15, 0.2) is 77.8 Å². The van der Waals surface area contributed by atoms with Gasteiger partial charge in [-0.3, -0.25) is 14.5 Å². The van der Waals surface area contributed by atoms with Gasteiger partial charge in [0, 0.05) is 23.4 Å². The minimum absolute atomic E-state index is 0.132. The molecule has 194 valence electrons. The molecule has 7 nitrogen and oxygen atoms in total. The van der Waals surface area contributed by atoms with Crippen LogP contribution in [0.2, 0.25) is 0 Å². The highest BCUT2D eigenvalue weighted by Gasteiger charge is 2.40. The Kier molecular flexibility index (Phi) is 7.24. The molecule has 1 aliphatic heterocycles. The van der Waals surface area contributed by atoms with E-state index in [9.17, 15) is 9.59 Å². The van der Waals surface area contributed by atoms with Gasteiger partial charge >= 0.3 is 0 Å². The number of para-hydroxylation sites is 2. The molecule has 0 saturated heterocycles. The number of benzene rings is 3. The third kappa shape index (κ3) is 4.91. The molecular weight excluding hydrogens is 496 g/mol. The van der Waals surface area contributed by atoms with Gasteiger partial charge < -0.3 is 10.1 Å². The fourth-order valence-electron chi connectivity index (χ4n) is 4.95. The zero-order valence-electron chi connectivity index (χ0n) is 21.9. The van der Waals surface area contributed by atoms with Crippen LogP contribution in [0, 0.1) is 20.8 Å². The summed E-state index contributed by atoms with van der Waals surface area (Å²) in [4.78, 5) is 29.5. The normalized spacial score (nSPS) is 15.1. The lowest BCUT2D eigenvalue weighted by Crippen LogP contribution is -2.44. The van der Waals surface area contributed by atoms with Crippen LogP contribution < -0.4 is 15.0 Å². The lowest BCUT2D eigenvalue weighted by Gasteiger charge is -2.30. The van der Waals surface area contributed by atoms with E-state index in [1.165, 1.54) is 11.8 Å². The number of nitrogens with one attached hydrogen (secondary N) is 1. The Morgan fingerprint density at radius 3 is 2.39 bits per heavy atom. The van der Waals surface area contributed by atoms with Crippen LogP contribution >= 0.6 is 11.8 Å². The summed E-state index contributed by atoms with van der Waals surface area (Å²) in [6.07, 6.45) is 0. The van der Waals surface area contributed by atoms with Crippen LogP contribution in [0.4, 0.5) is 5.69 Å². The van der Waals surface area contributed by atoms with Gasteiger partial charge in [-0.05, 0) is 62.2 Å². The van der Waals surface area contributed by atoms with Crippen molar-refractivity contribution in [3.05, 3.63) is 101 Å². The Balaban J connectivity index is 1.63. The summed E-state index contributed by atoms with van der Waals surface area (Å²) in [7, 11) is 1.61. The van der Waals surface area contributed by atoms with Crippen LogP contribution in [-0.4, -0.2) is 34.5 Å². The van der Waals surface area contributed by atoms with Crippen LogP contribution in [0.3, 0.4) is 0 Å². The number of anilines is 1. The van der Waals surface area contributed by atoms with E-state index in [2.05, 4.69) is 11.4 Å². The monoisotopic (exact) mass is 526 g/mol. The lowest BCUT2D eigenvalue weighted by atomic mass is 10.0. The van der Waals surface area contributed by atoms with Crippen LogP contribution in [0.25, 0.3) is 5.69 Å². The van der Waals surface area contributed by atoms with Gasteiger partial charge in [0.1, 0.15) is 16.8 Å². The quantitative estimate of drug-likeness (QED) is 0.369. The van der Waals surface area contributed by atoms with Crippen molar-refractivity contribution >= 4 is 29.3 Å². The molecule has 2 heterocycles. The van der Waals surface area contributed by atoms with Crippen LogP contribution in [0.5, 0.6) is 5.75 Å². The maximum absolute atomic E-state index is 14.1. The van der Waals surface area contributed by atoms with Gasteiger partial charge in [-0.15, -0.1) is 0 Å². The van der Waals surface area contributed by atoms with E-state index in [1.807, 2.05) is 92.2 Å². The van der Waals surface area contributed by atoms with E-state index >= 15 is 0 Å². The van der Waals surface area contributed by atoms with Crippen molar-refractivity contribution in [3.8, 4) is 11.4 Å². The molecule has 8 heteroatoms. The number of aryl methyl sites for hydroxylation is 3. The number of thioether (sulfide) groups is 1. The Bertz CT molecular complexity index is 1480. The van der Waals surface area contributed by atoms with E-state index in [0.29, 0.717) is 17.1 Å². The summed E-state index contributed by atoms with van der Waals surface area (Å²) in [5, 5.41) is 8.70. The minimum atomic E-state index is -0.888. The molecule has 1 aliphatic rings. The third-order valence-electron chi connectivity index (χ3n) is 6.57. The summed E-state index contributed by atoms with van der Waals surface area (Å²) in [6.45, 7) is 6.15. The van der Waals surface area contributed by atoms with Crippen molar-refractivity contribution in [3.63, 3.8) is 0 Å². The number of nitrogens with zero attached hydrogens (tertiary/aromatic N) is 3. The van der Waals surface area contributed by atoms with E-state index in [-0.39, 0.29) is 24.1 Å². The van der Waals surface area contributed by atoms with Gasteiger partial charge in [0.25, 0.3) is 0 Å². The van der Waals surface area contributed by atoms with E-state index in [4.69, 9.17) is 9.84 Å². The Labute approximate surface area is 226 Å². The first kappa shape index (κ1) is 25.6. The highest BCUT2D eigenvalue weighted by atomic mass is 32.2. The van der Waals surface area contributed by atoms with E-state index in [1.54, 1.807) is 12.0 Å². The molecule has 0 aliphatic carbocycles. The number of fused-ring (bicyclic) bond motifs is 1. The molecule has 0 radical (unpaired) electrons. The van der Waals surface area contributed by atoms with E-state index in [0.717, 1.165) is 33.0 Å². The summed E-state index contributed by atoms with van der Waals surface area (Å²) in [5.41, 5.74) is 5.92. The first-order valence-corrected chi connectivity index (χ1v) is 13.4.